The Bertz CT molecular complexity index is 1330. The molecular weight excluding hydrogens is 412 g/mol. The Balaban J connectivity index is 1.49. The molecule has 3 aromatic carbocycles. The van der Waals surface area contributed by atoms with Crippen molar-refractivity contribution in [3.63, 3.8) is 0 Å². The summed E-state index contributed by atoms with van der Waals surface area (Å²) in [6, 6.07) is 15.2. The summed E-state index contributed by atoms with van der Waals surface area (Å²) in [4.78, 5) is 39.6. The first-order valence-electron chi connectivity index (χ1n) is 8.64. The van der Waals surface area contributed by atoms with Crippen LogP contribution in [0.4, 0.5) is 11.4 Å². The lowest BCUT2D eigenvalue weighted by Crippen LogP contribution is -2.11. The van der Waals surface area contributed by atoms with Gasteiger partial charge in [0.1, 0.15) is 5.75 Å². The fraction of sp³-hybridized carbons (Fsp3) is 0. The van der Waals surface area contributed by atoms with Crippen LogP contribution in [0.25, 0.3) is 11.0 Å². The van der Waals surface area contributed by atoms with Crippen LogP contribution in [-0.2, 0) is 0 Å². The molecule has 150 valence electrons. The third-order valence-corrected chi connectivity index (χ3v) is 4.47. The molecular formula is C20H13ClN4O5. The number of rotatable bonds is 5. The van der Waals surface area contributed by atoms with Gasteiger partial charge in [-0.2, -0.15) is 0 Å². The number of amides is 1. The Kier molecular flexibility index (Phi) is 4.95. The van der Waals surface area contributed by atoms with E-state index in [4.69, 9.17) is 16.3 Å². The number of aromatic amines is 2. The van der Waals surface area contributed by atoms with E-state index in [0.717, 1.165) is 0 Å². The molecule has 30 heavy (non-hydrogen) atoms. The molecule has 0 spiro atoms. The van der Waals surface area contributed by atoms with Crippen LogP contribution in [0.2, 0.25) is 5.02 Å². The minimum Gasteiger partial charge on any atom is -0.450 e. The number of benzene rings is 3. The van der Waals surface area contributed by atoms with Crippen molar-refractivity contribution in [2.24, 2.45) is 0 Å². The lowest BCUT2D eigenvalue weighted by atomic mass is 10.2. The van der Waals surface area contributed by atoms with E-state index < -0.39 is 4.92 Å². The van der Waals surface area contributed by atoms with Gasteiger partial charge in [0.05, 0.1) is 16.0 Å². The number of carbonyl (C=O) groups excluding carboxylic acids is 1. The van der Waals surface area contributed by atoms with Gasteiger partial charge in [-0.1, -0.05) is 11.6 Å². The summed E-state index contributed by atoms with van der Waals surface area (Å²) in [5.74, 6) is -0.00468. The second-order valence-electron chi connectivity index (χ2n) is 6.29. The minimum absolute atomic E-state index is 0.0374. The third-order valence-electron chi connectivity index (χ3n) is 4.24. The number of nitrogens with zero attached hydrogens (tertiary/aromatic N) is 1. The van der Waals surface area contributed by atoms with Gasteiger partial charge in [0.2, 0.25) is 5.75 Å². The highest BCUT2D eigenvalue weighted by molar-refractivity contribution is 6.30. The summed E-state index contributed by atoms with van der Waals surface area (Å²) in [6.45, 7) is 0. The molecule has 1 heterocycles. The molecule has 1 amide bonds. The average Bonchev–Trinajstić information content (AvgIpc) is 3.09. The molecule has 0 fully saturated rings. The number of H-pyrrole nitrogens is 2. The van der Waals surface area contributed by atoms with Crippen molar-refractivity contribution in [2.75, 3.05) is 5.32 Å². The van der Waals surface area contributed by atoms with Gasteiger partial charge in [0.15, 0.2) is 0 Å². The predicted octanol–water partition coefficient (Wildman–Crippen LogP) is 4.46. The standard InChI is InChI=1S/C20H13ClN4O5/c21-12-3-8-18(17(9-12)25(28)29)30-14-5-1-11(2-6-14)19(26)22-13-4-7-15-16(10-13)24-20(27)23-15/h1-10H,(H,22,26)(H2,23,24,27). The van der Waals surface area contributed by atoms with Crippen LogP contribution in [0, 0.1) is 10.1 Å². The first-order valence-corrected chi connectivity index (χ1v) is 9.02. The summed E-state index contributed by atoms with van der Waals surface area (Å²) in [6.07, 6.45) is 0. The number of aromatic nitrogens is 2. The van der Waals surface area contributed by atoms with E-state index in [2.05, 4.69) is 15.3 Å². The highest BCUT2D eigenvalue weighted by Gasteiger charge is 2.17. The SMILES string of the molecule is O=C(Nc1ccc2[nH]c(=O)[nH]c2c1)c1ccc(Oc2ccc(Cl)cc2[N+](=O)[O-])cc1. The molecule has 0 aliphatic heterocycles. The first-order chi connectivity index (χ1) is 14.4. The summed E-state index contributed by atoms with van der Waals surface area (Å²) < 4.78 is 5.56. The molecule has 0 saturated heterocycles. The number of fused-ring (bicyclic) bond motifs is 1. The topological polar surface area (TPSA) is 130 Å². The fourth-order valence-electron chi connectivity index (χ4n) is 2.83. The molecule has 9 nitrogen and oxygen atoms in total. The van der Waals surface area contributed by atoms with E-state index in [-0.39, 0.29) is 28.1 Å². The summed E-state index contributed by atoms with van der Waals surface area (Å²) in [5.41, 5.74) is 1.49. The van der Waals surface area contributed by atoms with Crippen molar-refractivity contribution < 1.29 is 14.5 Å². The van der Waals surface area contributed by atoms with Crippen LogP contribution in [0.15, 0.2) is 65.5 Å². The van der Waals surface area contributed by atoms with Crippen molar-refractivity contribution in [1.29, 1.82) is 0 Å². The van der Waals surface area contributed by atoms with Crippen molar-refractivity contribution in [2.45, 2.75) is 0 Å². The van der Waals surface area contributed by atoms with Crippen molar-refractivity contribution in [1.82, 2.24) is 9.97 Å². The zero-order chi connectivity index (χ0) is 21.3. The highest BCUT2D eigenvalue weighted by Crippen LogP contribution is 2.33. The monoisotopic (exact) mass is 424 g/mol. The number of halogens is 1. The molecule has 4 rings (SSSR count). The van der Waals surface area contributed by atoms with Gasteiger partial charge < -0.3 is 20.0 Å². The molecule has 4 aromatic rings. The zero-order valence-corrected chi connectivity index (χ0v) is 15.9. The van der Waals surface area contributed by atoms with E-state index in [1.807, 2.05) is 0 Å². The molecule has 0 aliphatic rings. The maximum atomic E-state index is 12.5. The summed E-state index contributed by atoms with van der Waals surface area (Å²) >= 11 is 5.80. The largest absolute Gasteiger partial charge is 0.450 e. The zero-order valence-electron chi connectivity index (χ0n) is 15.1. The number of anilines is 1. The van der Waals surface area contributed by atoms with Crippen LogP contribution < -0.4 is 15.7 Å². The van der Waals surface area contributed by atoms with E-state index in [1.54, 1.807) is 18.2 Å². The maximum absolute atomic E-state index is 12.5. The molecule has 0 aliphatic carbocycles. The van der Waals surface area contributed by atoms with Crippen molar-refractivity contribution in [3.05, 3.63) is 91.8 Å². The lowest BCUT2D eigenvalue weighted by Gasteiger charge is -2.08. The van der Waals surface area contributed by atoms with Gasteiger partial charge in [0.25, 0.3) is 5.91 Å². The molecule has 1 aromatic heterocycles. The number of nitro benzene ring substituents is 1. The molecule has 0 unspecified atom stereocenters. The number of hydrogen-bond donors (Lipinski definition) is 3. The van der Waals surface area contributed by atoms with Gasteiger partial charge in [0, 0.05) is 22.3 Å². The van der Waals surface area contributed by atoms with Gasteiger partial charge in [-0.3, -0.25) is 14.9 Å². The number of ether oxygens (including phenoxy) is 1. The Hall–Kier alpha value is -4.11. The van der Waals surface area contributed by atoms with Gasteiger partial charge in [-0.05, 0) is 54.6 Å². The van der Waals surface area contributed by atoms with Crippen molar-refractivity contribution >= 4 is 39.9 Å². The molecule has 10 heteroatoms. The number of carbonyl (C=O) groups is 1. The van der Waals surface area contributed by atoms with Gasteiger partial charge in [-0.25, -0.2) is 4.79 Å². The second kappa shape index (κ2) is 7.72. The quantitative estimate of drug-likeness (QED) is 0.321. The van der Waals surface area contributed by atoms with Gasteiger partial charge >= 0.3 is 11.4 Å². The van der Waals surface area contributed by atoms with E-state index >= 15 is 0 Å². The third kappa shape index (κ3) is 4.01. The van der Waals surface area contributed by atoms with Crippen LogP contribution in [0.5, 0.6) is 11.5 Å². The van der Waals surface area contributed by atoms with E-state index in [0.29, 0.717) is 28.0 Å². The van der Waals surface area contributed by atoms with E-state index in [1.165, 1.54) is 42.5 Å². The molecule has 0 saturated carbocycles. The van der Waals surface area contributed by atoms with Crippen LogP contribution in [-0.4, -0.2) is 20.8 Å². The Labute approximate surface area is 173 Å². The predicted molar refractivity (Wildman–Crippen MR) is 111 cm³/mol. The Morgan fingerprint density at radius 3 is 2.47 bits per heavy atom. The second-order valence-corrected chi connectivity index (χ2v) is 6.73. The first kappa shape index (κ1) is 19.2. The molecule has 3 N–H and O–H groups in total. The lowest BCUT2D eigenvalue weighted by molar-refractivity contribution is -0.385. The Morgan fingerprint density at radius 1 is 1.00 bits per heavy atom. The normalized spacial score (nSPS) is 10.7. The van der Waals surface area contributed by atoms with Crippen LogP contribution >= 0.6 is 11.6 Å². The molecule has 0 atom stereocenters. The minimum atomic E-state index is -0.586. The number of hydrogen-bond acceptors (Lipinski definition) is 5. The highest BCUT2D eigenvalue weighted by atomic mass is 35.5. The number of nitro groups is 1. The number of imidazole rings is 1. The summed E-state index contributed by atoms with van der Waals surface area (Å²) in [5, 5.41) is 14.1. The van der Waals surface area contributed by atoms with E-state index in [9.17, 15) is 19.7 Å². The molecule has 0 bridgehead atoms. The fourth-order valence-corrected chi connectivity index (χ4v) is 3.00. The van der Waals surface area contributed by atoms with Crippen molar-refractivity contribution in [3.8, 4) is 11.5 Å². The number of nitrogens with one attached hydrogen (secondary N) is 3. The maximum Gasteiger partial charge on any atom is 0.323 e. The van der Waals surface area contributed by atoms with Crippen LogP contribution in [0.3, 0.4) is 0 Å². The molecule has 0 radical (unpaired) electrons. The Morgan fingerprint density at radius 2 is 1.73 bits per heavy atom. The average molecular weight is 425 g/mol. The van der Waals surface area contributed by atoms with Crippen LogP contribution in [0.1, 0.15) is 10.4 Å². The smallest absolute Gasteiger partial charge is 0.323 e. The van der Waals surface area contributed by atoms with Gasteiger partial charge in [-0.15, -0.1) is 0 Å². The summed E-state index contributed by atoms with van der Waals surface area (Å²) in [7, 11) is 0.